The van der Waals surface area contributed by atoms with Gasteiger partial charge in [-0.1, -0.05) is 48.5 Å². The highest BCUT2D eigenvalue weighted by atomic mass is 16.6. The predicted molar refractivity (Wildman–Crippen MR) is 90.1 cm³/mol. The van der Waals surface area contributed by atoms with E-state index in [1.54, 1.807) is 7.11 Å². The Morgan fingerprint density at radius 2 is 1.52 bits per heavy atom. The Labute approximate surface area is 145 Å². The first-order chi connectivity index (χ1) is 12.1. The summed E-state index contributed by atoms with van der Waals surface area (Å²) in [5.41, 5.74) is 3.68. The van der Waals surface area contributed by atoms with Crippen molar-refractivity contribution >= 4 is 11.9 Å². The summed E-state index contributed by atoms with van der Waals surface area (Å²) in [6.45, 7) is 1.98. The van der Waals surface area contributed by atoms with E-state index in [1.807, 2.05) is 31.2 Å². The van der Waals surface area contributed by atoms with Gasteiger partial charge in [0.2, 0.25) is 0 Å². The Balaban J connectivity index is 1.96. The number of benzene rings is 2. The molecule has 3 aliphatic carbocycles. The van der Waals surface area contributed by atoms with Gasteiger partial charge in [0, 0.05) is 13.0 Å². The molecule has 0 radical (unpaired) electrons. The van der Waals surface area contributed by atoms with Crippen LogP contribution in [0.4, 0.5) is 0 Å². The fraction of sp³-hybridized carbons (Fsp3) is 0.333. The SMILES string of the molecule is CO[C@@H](C)C12c3ccccc3C(c3ccccc31)C1C(=O)OC(=O)C12. The summed E-state index contributed by atoms with van der Waals surface area (Å²) in [6.07, 6.45) is -0.276. The maximum Gasteiger partial charge on any atom is 0.318 e. The maximum absolute atomic E-state index is 12.8. The first-order valence-electron chi connectivity index (χ1n) is 8.59. The van der Waals surface area contributed by atoms with Crippen LogP contribution in [0.15, 0.2) is 48.5 Å². The number of ether oxygens (including phenoxy) is 2. The van der Waals surface area contributed by atoms with Gasteiger partial charge in [0.25, 0.3) is 0 Å². The summed E-state index contributed by atoms with van der Waals surface area (Å²) < 4.78 is 10.9. The highest BCUT2D eigenvalue weighted by Gasteiger charge is 2.69. The molecule has 2 bridgehead atoms. The molecule has 126 valence electrons. The molecule has 3 atom stereocenters. The Morgan fingerprint density at radius 1 is 0.960 bits per heavy atom. The molecule has 0 aromatic heterocycles. The van der Waals surface area contributed by atoms with Crippen LogP contribution in [0, 0.1) is 11.8 Å². The van der Waals surface area contributed by atoms with Gasteiger partial charge >= 0.3 is 11.9 Å². The van der Waals surface area contributed by atoms with E-state index in [2.05, 4.69) is 24.3 Å². The zero-order valence-corrected chi connectivity index (χ0v) is 14.1. The molecule has 0 spiro atoms. The molecule has 1 fully saturated rings. The quantitative estimate of drug-likeness (QED) is 0.626. The van der Waals surface area contributed by atoms with Crippen LogP contribution in [0.1, 0.15) is 35.1 Å². The molecule has 4 nitrogen and oxygen atoms in total. The highest BCUT2D eigenvalue weighted by molar-refractivity contribution is 6.00. The minimum absolute atomic E-state index is 0.137. The normalized spacial score (nSPS) is 32.6. The number of carbonyl (C=O) groups is 2. The van der Waals surface area contributed by atoms with Crippen LogP contribution in [0.2, 0.25) is 0 Å². The summed E-state index contributed by atoms with van der Waals surface area (Å²) in [5, 5.41) is 0. The minimum atomic E-state index is -0.704. The number of cyclic esters (lactones) is 2. The summed E-state index contributed by atoms with van der Waals surface area (Å²) >= 11 is 0. The monoisotopic (exact) mass is 334 g/mol. The van der Waals surface area contributed by atoms with Crippen LogP contribution in [0.3, 0.4) is 0 Å². The Kier molecular flexibility index (Phi) is 2.85. The van der Waals surface area contributed by atoms with Crippen molar-refractivity contribution in [1.29, 1.82) is 0 Å². The standard InChI is InChI=1S/C21H18O4/c1-11(24-2)21-14-9-5-3-7-12(14)16(13-8-4-6-10-15(13)21)17-18(21)20(23)25-19(17)22/h3-11,16-18H,1-2H3/t11-,16?,17?,18?,21?/m0/s1. The number of rotatable bonds is 2. The van der Waals surface area contributed by atoms with Crippen molar-refractivity contribution in [3.8, 4) is 0 Å². The van der Waals surface area contributed by atoms with Crippen molar-refractivity contribution in [3.05, 3.63) is 70.8 Å². The lowest BCUT2D eigenvalue weighted by Crippen LogP contribution is -2.58. The number of methoxy groups -OCH3 is 1. The first-order valence-corrected chi connectivity index (χ1v) is 8.59. The molecule has 2 aromatic rings. The fourth-order valence-electron chi connectivity index (χ4n) is 5.51. The summed E-state index contributed by atoms with van der Waals surface area (Å²) in [6, 6.07) is 16.2. The van der Waals surface area contributed by atoms with Crippen molar-refractivity contribution in [3.63, 3.8) is 0 Å². The van der Waals surface area contributed by atoms with Crippen LogP contribution in [-0.2, 0) is 24.5 Å². The highest BCUT2D eigenvalue weighted by Crippen LogP contribution is 2.65. The lowest BCUT2D eigenvalue weighted by atomic mass is 9.46. The van der Waals surface area contributed by atoms with Gasteiger partial charge in [-0.15, -0.1) is 0 Å². The first kappa shape index (κ1) is 14.8. The van der Waals surface area contributed by atoms with Gasteiger partial charge in [-0.05, 0) is 29.2 Å². The van der Waals surface area contributed by atoms with Gasteiger partial charge < -0.3 is 9.47 Å². The molecule has 2 aromatic carbocycles. The van der Waals surface area contributed by atoms with E-state index in [0.29, 0.717) is 0 Å². The molecule has 4 heteroatoms. The average Bonchev–Trinajstić information content (AvgIpc) is 2.96. The Hall–Kier alpha value is -2.46. The van der Waals surface area contributed by atoms with Gasteiger partial charge in [-0.3, -0.25) is 9.59 Å². The number of esters is 2. The van der Waals surface area contributed by atoms with E-state index in [0.717, 1.165) is 22.3 Å². The molecule has 4 aliphatic rings. The molecule has 1 aliphatic heterocycles. The zero-order chi connectivity index (χ0) is 17.3. The van der Waals surface area contributed by atoms with Crippen molar-refractivity contribution in [1.82, 2.24) is 0 Å². The molecule has 0 amide bonds. The second-order valence-corrected chi connectivity index (χ2v) is 7.14. The summed E-state index contributed by atoms with van der Waals surface area (Å²) in [4.78, 5) is 25.4. The van der Waals surface area contributed by atoms with Gasteiger partial charge in [0.1, 0.15) is 0 Å². The van der Waals surface area contributed by atoms with E-state index >= 15 is 0 Å². The molecule has 25 heavy (non-hydrogen) atoms. The van der Waals surface area contributed by atoms with Crippen molar-refractivity contribution in [2.45, 2.75) is 24.4 Å². The van der Waals surface area contributed by atoms with Crippen molar-refractivity contribution < 1.29 is 19.1 Å². The van der Waals surface area contributed by atoms with E-state index in [9.17, 15) is 9.59 Å². The smallest absolute Gasteiger partial charge is 0.318 e. The maximum atomic E-state index is 12.8. The van der Waals surface area contributed by atoms with Gasteiger partial charge in [0.05, 0.1) is 23.4 Å². The minimum Gasteiger partial charge on any atom is -0.393 e. The molecule has 0 N–H and O–H groups in total. The summed E-state index contributed by atoms with van der Waals surface area (Å²) in [5.74, 6) is -1.98. The third-order valence-electron chi connectivity index (χ3n) is 6.41. The molecular formula is C21H18O4. The second kappa shape index (κ2) is 4.79. The van der Waals surface area contributed by atoms with Crippen molar-refractivity contribution in [2.75, 3.05) is 7.11 Å². The molecule has 1 heterocycles. The lowest BCUT2D eigenvalue weighted by Gasteiger charge is -2.55. The van der Waals surface area contributed by atoms with Crippen LogP contribution in [0.25, 0.3) is 0 Å². The second-order valence-electron chi connectivity index (χ2n) is 7.14. The molecule has 2 unspecified atom stereocenters. The van der Waals surface area contributed by atoms with E-state index < -0.39 is 29.2 Å². The van der Waals surface area contributed by atoms with Crippen LogP contribution in [-0.4, -0.2) is 25.2 Å². The molecule has 0 saturated carbocycles. The average molecular weight is 334 g/mol. The van der Waals surface area contributed by atoms with E-state index in [-0.39, 0.29) is 12.0 Å². The number of carbonyl (C=O) groups excluding carboxylic acids is 2. The van der Waals surface area contributed by atoms with Gasteiger partial charge in [-0.25, -0.2) is 0 Å². The van der Waals surface area contributed by atoms with Crippen molar-refractivity contribution in [2.24, 2.45) is 11.8 Å². The zero-order valence-electron chi connectivity index (χ0n) is 14.1. The third-order valence-corrected chi connectivity index (χ3v) is 6.41. The van der Waals surface area contributed by atoms with E-state index in [1.165, 1.54) is 0 Å². The van der Waals surface area contributed by atoms with Gasteiger partial charge in [0.15, 0.2) is 0 Å². The Morgan fingerprint density at radius 3 is 2.08 bits per heavy atom. The van der Waals surface area contributed by atoms with Gasteiger partial charge in [-0.2, -0.15) is 0 Å². The lowest BCUT2D eigenvalue weighted by molar-refractivity contribution is -0.154. The predicted octanol–water partition coefficient (Wildman–Crippen LogP) is 2.78. The molecule has 6 rings (SSSR count). The largest absolute Gasteiger partial charge is 0.393 e. The fourth-order valence-corrected chi connectivity index (χ4v) is 5.51. The number of hydrogen-bond acceptors (Lipinski definition) is 4. The Bertz CT molecular complexity index is 868. The van der Waals surface area contributed by atoms with Crippen LogP contribution >= 0.6 is 0 Å². The number of hydrogen-bond donors (Lipinski definition) is 0. The molecular weight excluding hydrogens is 316 g/mol. The topological polar surface area (TPSA) is 52.6 Å². The van der Waals surface area contributed by atoms with Crippen LogP contribution < -0.4 is 0 Å². The third kappa shape index (κ3) is 1.52. The molecule has 1 saturated heterocycles. The van der Waals surface area contributed by atoms with Crippen LogP contribution in [0.5, 0.6) is 0 Å². The summed E-state index contributed by atoms with van der Waals surface area (Å²) in [7, 11) is 1.66. The van der Waals surface area contributed by atoms with E-state index in [4.69, 9.17) is 9.47 Å².